The van der Waals surface area contributed by atoms with E-state index in [4.69, 9.17) is 4.42 Å². The highest BCUT2D eigenvalue weighted by Crippen LogP contribution is 2.25. The van der Waals surface area contributed by atoms with E-state index >= 15 is 0 Å². The Morgan fingerprint density at radius 2 is 2.12 bits per heavy atom. The number of aromatic nitrogens is 3. The van der Waals surface area contributed by atoms with Crippen LogP contribution in [-0.4, -0.2) is 26.4 Å². The van der Waals surface area contributed by atoms with Crippen LogP contribution >= 0.6 is 11.8 Å². The smallest absolute Gasteiger partial charge is 0.234 e. The minimum Gasteiger partial charge on any atom is -0.461 e. The van der Waals surface area contributed by atoms with Gasteiger partial charge in [-0.3, -0.25) is 9.36 Å². The number of carbonyl (C=O) groups excluding carboxylic acids is 1. The quantitative estimate of drug-likeness (QED) is 0.628. The Kier molecular flexibility index (Phi) is 5.78. The Hall–Kier alpha value is -2.54. The molecular formula is C19H22N4O2S. The van der Waals surface area contributed by atoms with E-state index in [0.29, 0.717) is 11.6 Å². The molecule has 0 aliphatic rings. The monoisotopic (exact) mass is 370 g/mol. The number of amides is 1. The number of hydrogen-bond donors (Lipinski definition) is 1. The average molecular weight is 370 g/mol. The number of anilines is 1. The predicted octanol–water partition coefficient (Wildman–Crippen LogP) is 4.30. The fraction of sp³-hybridized carbons (Fsp3) is 0.316. The molecule has 0 saturated carbocycles. The third-order valence-corrected chi connectivity index (χ3v) is 4.87. The highest BCUT2D eigenvalue weighted by Gasteiger charge is 2.17. The first-order valence-corrected chi connectivity index (χ1v) is 9.54. The first-order chi connectivity index (χ1) is 12.6. The number of nitrogens with zero attached hydrogens (tertiary/aromatic N) is 3. The van der Waals surface area contributed by atoms with Gasteiger partial charge in [-0.25, -0.2) is 0 Å². The predicted molar refractivity (Wildman–Crippen MR) is 103 cm³/mol. The molecule has 3 aromatic rings. The molecule has 0 saturated heterocycles. The van der Waals surface area contributed by atoms with Gasteiger partial charge in [0.2, 0.25) is 5.91 Å². The lowest BCUT2D eigenvalue weighted by Crippen LogP contribution is -2.15. The molecule has 0 spiro atoms. The van der Waals surface area contributed by atoms with Crippen LogP contribution in [0.25, 0.3) is 11.6 Å². The first-order valence-electron chi connectivity index (χ1n) is 8.55. The number of aryl methyl sites for hydroxylation is 2. The Balaban J connectivity index is 1.69. The summed E-state index contributed by atoms with van der Waals surface area (Å²) in [5, 5.41) is 12.2. The van der Waals surface area contributed by atoms with Crippen molar-refractivity contribution in [2.45, 2.75) is 38.9 Å². The summed E-state index contributed by atoms with van der Waals surface area (Å²) in [4.78, 5) is 12.3. The zero-order chi connectivity index (χ0) is 18.5. The van der Waals surface area contributed by atoms with Crippen molar-refractivity contribution in [2.24, 2.45) is 0 Å². The molecule has 0 aliphatic heterocycles. The first kappa shape index (κ1) is 18.3. The van der Waals surface area contributed by atoms with Gasteiger partial charge in [-0.1, -0.05) is 30.8 Å². The van der Waals surface area contributed by atoms with Crippen molar-refractivity contribution in [3.8, 4) is 11.6 Å². The minimum atomic E-state index is -0.0608. The maximum absolute atomic E-state index is 12.3. The minimum absolute atomic E-state index is 0.0608. The van der Waals surface area contributed by atoms with Crippen molar-refractivity contribution < 1.29 is 9.21 Å². The van der Waals surface area contributed by atoms with Crippen molar-refractivity contribution in [2.75, 3.05) is 11.1 Å². The summed E-state index contributed by atoms with van der Waals surface area (Å²) < 4.78 is 7.43. The molecule has 6 nitrogen and oxygen atoms in total. The summed E-state index contributed by atoms with van der Waals surface area (Å²) in [7, 11) is 0. The number of carbonyl (C=O) groups is 1. The lowest BCUT2D eigenvalue weighted by atomic mass is 10.1. The van der Waals surface area contributed by atoms with Crippen LogP contribution in [0.4, 0.5) is 5.69 Å². The standard InChI is InChI=1S/C19H22N4O2S/c1-4-9-23-18(16-6-5-10-25-16)21-22-19(23)26-12-17(24)20-15-11-13(2)7-8-14(15)3/h5-8,10-11H,4,9,12H2,1-3H3,(H,20,24). The van der Waals surface area contributed by atoms with Crippen LogP contribution in [0.3, 0.4) is 0 Å². The van der Waals surface area contributed by atoms with Crippen molar-refractivity contribution in [1.29, 1.82) is 0 Å². The van der Waals surface area contributed by atoms with E-state index in [9.17, 15) is 4.79 Å². The second-order valence-corrected chi connectivity index (χ2v) is 7.03. The summed E-state index contributed by atoms with van der Waals surface area (Å²) in [6.45, 7) is 6.85. The Bertz CT molecular complexity index is 887. The number of benzene rings is 1. The number of furan rings is 1. The molecule has 3 rings (SSSR count). The van der Waals surface area contributed by atoms with Gasteiger partial charge in [0.1, 0.15) is 0 Å². The van der Waals surface area contributed by atoms with Gasteiger partial charge in [0.25, 0.3) is 0 Å². The van der Waals surface area contributed by atoms with E-state index in [0.717, 1.165) is 34.9 Å². The normalized spacial score (nSPS) is 10.9. The zero-order valence-electron chi connectivity index (χ0n) is 15.2. The van der Waals surface area contributed by atoms with Gasteiger partial charge in [-0.15, -0.1) is 10.2 Å². The number of hydrogen-bond acceptors (Lipinski definition) is 5. The van der Waals surface area contributed by atoms with Crippen LogP contribution in [0.15, 0.2) is 46.2 Å². The summed E-state index contributed by atoms with van der Waals surface area (Å²) >= 11 is 1.38. The van der Waals surface area contributed by atoms with Crippen LogP contribution in [0, 0.1) is 13.8 Å². The zero-order valence-corrected chi connectivity index (χ0v) is 16.0. The Morgan fingerprint density at radius 3 is 2.85 bits per heavy atom. The fourth-order valence-corrected chi connectivity index (χ4v) is 3.36. The second kappa shape index (κ2) is 8.23. The van der Waals surface area contributed by atoms with Gasteiger partial charge in [0.15, 0.2) is 16.7 Å². The van der Waals surface area contributed by atoms with Gasteiger partial charge >= 0.3 is 0 Å². The number of thioether (sulfide) groups is 1. The molecule has 0 atom stereocenters. The van der Waals surface area contributed by atoms with Gasteiger partial charge < -0.3 is 9.73 Å². The molecule has 136 valence electrons. The molecule has 0 unspecified atom stereocenters. The summed E-state index contributed by atoms with van der Waals surface area (Å²) in [5.41, 5.74) is 3.01. The lowest BCUT2D eigenvalue weighted by Gasteiger charge is -2.10. The van der Waals surface area contributed by atoms with Crippen molar-refractivity contribution in [1.82, 2.24) is 14.8 Å². The molecule has 1 N–H and O–H groups in total. The lowest BCUT2D eigenvalue weighted by molar-refractivity contribution is -0.113. The van der Waals surface area contributed by atoms with Crippen LogP contribution in [-0.2, 0) is 11.3 Å². The average Bonchev–Trinajstić information content (AvgIpc) is 3.26. The molecule has 0 bridgehead atoms. The largest absolute Gasteiger partial charge is 0.461 e. The molecule has 26 heavy (non-hydrogen) atoms. The molecule has 2 heterocycles. The fourth-order valence-electron chi connectivity index (χ4n) is 2.60. The summed E-state index contributed by atoms with van der Waals surface area (Å²) in [5.74, 6) is 1.58. The maximum Gasteiger partial charge on any atom is 0.234 e. The van der Waals surface area contributed by atoms with E-state index in [1.54, 1.807) is 6.26 Å². The maximum atomic E-state index is 12.3. The van der Waals surface area contributed by atoms with Gasteiger partial charge in [0, 0.05) is 12.2 Å². The second-order valence-electron chi connectivity index (χ2n) is 6.09. The number of rotatable bonds is 7. The van der Waals surface area contributed by atoms with E-state index in [-0.39, 0.29) is 11.7 Å². The summed E-state index contributed by atoms with van der Waals surface area (Å²) in [6, 6.07) is 9.70. The molecule has 0 aliphatic carbocycles. The molecule has 0 fully saturated rings. The third kappa shape index (κ3) is 4.16. The van der Waals surface area contributed by atoms with E-state index in [2.05, 4.69) is 22.4 Å². The van der Waals surface area contributed by atoms with Crippen molar-refractivity contribution >= 4 is 23.4 Å². The van der Waals surface area contributed by atoms with Crippen molar-refractivity contribution in [3.63, 3.8) is 0 Å². The van der Waals surface area contributed by atoms with Crippen LogP contribution in [0.1, 0.15) is 24.5 Å². The van der Waals surface area contributed by atoms with Crippen LogP contribution < -0.4 is 5.32 Å². The van der Waals surface area contributed by atoms with Crippen LogP contribution in [0.5, 0.6) is 0 Å². The Labute approximate surface area is 157 Å². The van der Waals surface area contributed by atoms with Gasteiger partial charge in [-0.05, 0) is 49.6 Å². The van der Waals surface area contributed by atoms with Crippen LogP contribution in [0.2, 0.25) is 0 Å². The highest BCUT2D eigenvalue weighted by atomic mass is 32.2. The molecule has 0 radical (unpaired) electrons. The topological polar surface area (TPSA) is 73.0 Å². The van der Waals surface area contributed by atoms with E-state index in [1.807, 2.05) is 48.7 Å². The molecule has 1 aromatic carbocycles. The molecular weight excluding hydrogens is 348 g/mol. The van der Waals surface area contributed by atoms with Crippen molar-refractivity contribution in [3.05, 3.63) is 47.7 Å². The van der Waals surface area contributed by atoms with E-state index in [1.165, 1.54) is 11.8 Å². The highest BCUT2D eigenvalue weighted by molar-refractivity contribution is 7.99. The summed E-state index contributed by atoms with van der Waals surface area (Å²) in [6.07, 6.45) is 2.55. The van der Waals surface area contributed by atoms with E-state index < -0.39 is 0 Å². The molecule has 7 heteroatoms. The Morgan fingerprint density at radius 1 is 1.27 bits per heavy atom. The van der Waals surface area contributed by atoms with Gasteiger partial charge in [-0.2, -0.15) is 0 Å². The third-order valence-electron chi connectivity index (χ3n) is 3.91. The number of nitrogens with one attached hydrogen (secondary N) is 1. The molecule has 1 amide bonds. The van der Waals surface area contributed by atoms with Gasteiger partial charge in [0.05, 0.1) is 12.0 Å². The molecule has 2 aromatic heterocycles. The SMILES string of the molecule is CCCn1c(SCC(=O)Nc2cc(C)ccc2C)nnc1-c1ccco1.